The van der Waals surface area contributed by atoms with Crippen molar-refractivity contribution < 1.29 is 74.4 Å². The SMILES string of the molecule is Cl.O=c1cc2oc(-c3ccc(O)c(O)c3)c(OC3OC(CO)C(O)C(O)C3OC3OC(CO)C(O)C(O)C3O)cc-2c(O)c1. The van der Waals surface area contributed by atoms with Crippen LogP contribution in [-0.2, 0) is 14.2 Å². The van der Waals surface area contributed by atoms with E-state index in [2.05, 4.69) is 0 Å². The lowest BCUT2D eigenvalue weighted by atomic mass is 9.97. The Bertz CT molecular complexity index is 1460. The Morgan fingerprint density at radius 1 is 0.705 bits per heavy atom. The molecular weight excluding hydrogens is 616 g/mol. The van der Waals surface area contributed by atoms with Crippen molar-refractivity contribution in [1.82, 2.24) is 0 Å². The molecule has 242 valence electrons. The molecule has 1 aromatic carbocycles. The van der Waals surface area contributed by atoms with Gasteiger partial charge in [0.05, 0.1) is 18.8 Å². The zero-order valence-corrected chi connectivity index (χ0v) is 23.3. The third-order valence-electron chi connectivity index (χ3n) is 7.25. The minimum atomic E-state index is -1.90. The number of phenolic OH excluding ortho intramolecular Hbond substituents is 3. The smallest absolute Gasteiger partial charge is 0.229 e. The number of aliphatic hydroxyl groups excluding tert-OH is 7. The molecule has 0 spiro atoms. The highest BCUT2D eigenvalue weighted by atomic mass is 35.5. The maximum absolute atomic E-state index is 12.0. The van der Waals surface area contributed by atoms with Crippen LogP contribution in [0, 0.1) is 0 Å². The molecule has 16 nitrogen and oxygen atoms in total. The van der Waals surface area contributed by atoms with Crippen LogP contribution >= 0.6 is 12.4 Å². The van der Waals surface area contributed by atoms with Crippen LogP contribution in [0.15, 0.2) is 45.6 Å². The second-order valence-corrected chi connectivity index (χ2v) is 10.1. The molecule has 1 aromatic rings. The zero-order chi connectivity index (χ0) is 31.2. The molecule has 1 aliphatic carbocycles. The van der Waals surface area contributed by atoms with Gasteiger partial charge in [-0.1, -0.05) is 0 Å². The van der Waals surface area contributed by atoms with Crippen LogP contribution < -0.4 is 10.2 Å². The van der Waals surface area contributed by atoms with Crippen LogP contribution in [0.25, 0.3) is 22.6 Å². The van der Waals surface area contributed by atoms with Crippen molar-refractivity contribution in [2.45, 2.75) is 61.4 Å². The lowest BCUT2D eigenvalue weighted by molar-refractivity contribution is -0.357. The summed E-state index contributed by atoms with van der Waals surface area (Å²) in [6, 6.07) is 6.79. The minimum Gasteiger partial charge on any atom is -0.507 e. The Morgan fingerprint density at radius 2 is 1.34 bits per heavy atom. The van der Waals surface area contributed by atoms with Gasteiger partial charge in [-0.15, -0.1) is 12.4 Å². The van der Waals surface area contributed by atoms with Gasteiger partial charge < -0.3 is 74.4 Å². The quantitative estimate of drug-likeness (QED) is 0.124. The molecule has 2 fully saturated rings. The monoisotopic (exact) mass is 646 g/mol. The number of phenols is 3. The Balaban J connectivity index is 0.00000442. The zero-order valence-electron chi connectivity index (χ0n) is 22.5. The molecule has 10 unspecified atom stereocenters. The van der Waals surface area contributed by atoms with E-state index >= 15 is 0 Å². The van der Waals surface area contributed by atoms with Gasteiger partial charge in [-0.2, -0.15) is 0 Å². The molecule has 3 aliphatic heterocycles. The first-order chi connectivity index (χ1) is 20.4. The van der Waals surface area contributed by atoms with E-state index < -0.39 is 97.3 Å². The summed E-state index contributed by atoms with van der Waals surface area (Å²) in [7, 11) is 0. The minimum absolute atomic E-state index is 0. The Hall–Kier alpha value is -3.26. The van der Waals surface area contributed by atoms with E-state index in [1.54, 1.807) is 0 Å². The standard InChI is InChI=1S/C27H30O16.ClH/c28-7-17-19(34)21(36)23(38)26(41-17)43-25-22(37)20(35)18(8-29)42-27(25)40-16-6-11-13(32)4-10(30)5-15(11)39-24(16)9-1-2-12(31)14(33)3-9;/h1-6,17-23,25-29,31-38H,7-8H2;1H. The van der Waals surface area contributed by atoms with Gasteiger partial charge >= 0.3 is 0 Å². The van der Waals surface area contributed by atoms with Crippen molar-refractivity contribution in [3.63, 3.8) is 0 Å². The van der Waals surface area contributed by atoms with Crippen LogP contribution in [0.2, 0.25) is 0 Å². The summed E-state index contributed by atoms with van der Waals surface area (Å²) in [5.41, 5.74) is -0.499. The molecule has 44 heavy (non-hydrogen) atoms. The maximum atomic E-state index is 12.0. The van der Waals surface area contributed by atoms with Gasteiger partial charge in [0.1, 0.15) is 54.2 Å². The van der Waals surface area contributed by atoms with Crippen molar-refractivity contribution in [3.05, 3.63) is 46.6 Å². The van der Waals surface area contributed by atoms with Crippen LogP contribution in [0.5, 0.6) is 23.0 Å². The molecule has 0 radical (unpaired) electrons. The number of ether oxygens (including phenoxy) is 4. The second-order valence-electron chi connectivity index (χ2n) is 10.1. The molecule has 10 N–H and O–H groups in total. The predicted molar refractivity (Wildman–Crippen MR) is 146 cm³/mol. The first-order valence-corrected chi connectivity index (χ1v) is 13.0. The third kappa shape index (κ3) is 6.28. The number of rotatable bonds is 7. The van der Waals surface area contributed by atoms with Crippen molar-refractivity contribution >= 4 is 12.4 Å². The van der Waals surface area contributed by atoms with Crippen LogP contribution in [0.1, 0.15) is 0 Å². The molecule has 3 heterocycles. The van der Waals surface area contributed by atoms with Crippen molar-refractivity contribution in [3.8, 4) is 45.6 Å². The maximum Gasteiger partial charge on any atom is 0.229 e. The fraction of sp³-hybridized carbons (Fsp3) is 0.444. The summed E-state index contributed by atoms with van der Waals surface area (Å²) in [6.45, 7) is -1.57. The Morgan fingerprint density at radius 3 is 1.98 bits per heavy atom. The van der Waals surface area contributed by atoms with Gasteiger partial charge in [-0.25, -0.2) is 0 Å². The molecule has 17 heteroatoms. The number of hydrogen-bond donors (Lipinski definition) is 10. The third-order valence-corrected chi connectivity index (χ3v) is 7.25. The topological polar surface area (TPSA) is 269 Å². The highest BCUT2D eigenvalue weighted by Crippen LogP contribution is 2.43. The van der Waals surface area contributed by atoms with Gasteiger partial charge in [0.25, 0.3) is 0 Å². The van der Waals surface area contributed by atoms with E-state index in [9.17, 15) is 55.9 Å². The van der Waals surface area contributed by atoms with E-state index in [0.29, 0.717) is 0 Å². The number of aromatic hydroxyl groups is 3. The fourth-order valence-electron chi connectivity index (χ4n) is 4.88. The summed E-state index contributed by atoms with van der Waals surface area (Å²) in [6.07, 6.45) is -17.2. The highest BCUT2D eigenvalue weighted by Gasteiger charge is 2.51. The van der Waals surface area contributed by atoms with Crippen LogP contribution in [0.4, 0.5) is 0 Å². The van der Waals surface area contributed by atoms with Crippen molar-refractivity contribution in [2.24, 2.45) is 0 Å². The lowest BCUT2D eigenvalue weighted by Gasteiger charge is -2.45. The summed E-state index contributed by atoms with van der Waals surface area (Å²) in [5, 5.41) is 102. The molecule has 0 bridgehead atoms. The van der Waals surface area contributed by atoms with E-state index in [-0.39, 0.29) is 40.8 Å². The molecule has 0 amide bonds. The molecule has 4 aliphatic rings. The van der Waals surface area contributed by atoms with Gasteiger partial charge in [-0.05, 0) is 24.3 Å². The van der Waals surface area contributed by atoms with Gasteiger partial charge in [0, 0.05) is 17.7 Å². The van der Waals surface area contributed by atoms with Gasteiger partial charge in [0.15, 0.2) is 40.8 Å². The largest absolute Gasteiger partial charge is 0.507 e. The average Bonchev–Trinajstić information content (AvgIpc) is 2.98. The van der Waals surface area contributed by atoms with Crippen LogP contribution in [-0.4, -0.2) is 126 Å². The predicted octanol–water partition coefficient (Wildman–Crippen LogP) is -2.05. The average molecular weight is 647 g/mol. The first kappa shape index (κ1) is 33.6. The van der Waals surface area contributed by atoms with E-state index in [1.165, 1.54) is 12.1 Å². The first-order valence-electron chi connectivity index (χ1n) is 13.0. The van der Waals surface area contributed by atoms with Gasteiger partial charge in [-0.3, -0.25) is 4.79 Å². The van der Waals surface area contributed by atoms with E-state index in [1.807, 2.05) is 0 Å². The normalized spacial score (nSPS) is 32.2. The molecule has 2 saturated heterocycles. The number of hydrogen-bond acceptors (Lipinski definition) is 16. The van der Waals surface area contributed by atoms with Gasteiger partial charge in [0.2, 0.25) is 6.29 Å². The molecule has 0 saturated carbocycles. The highest BCUT2D eigenvalue weighted by molar-refractivity contribution is 5.85. The molecule has 0 aromatic heterocycles. The number of fused-ring (bicyclic) bond motifs is 1. The summed E-state index contributed by atoms with van der Waals surface area (Å²) >= 11 is 0. The molecule has 5 rings (SSSR count). The van der Waals surface area contributed by atoms with Crippen molar-refractivity contribution in [2.75, 3.05) is 13.2 Å². The summed E-state index contributed by atoms with van der Waals surface area (Å²) in [5.74, 6) is -2.02. The molecule has 10 atom stereocenters. The number of halogens is 1. The Kier molecular flexibility index (Phi) is 10.2. The van der Waals surface area contributed by atoms with E-state index in [0.717, 1.165) is 24.3 Å². The summed E-state index contributed by atoms with van der Waals surface area (Å²) < 4.78 is 28.5. The fourth-order valence-corrected chi connectivity index (χ4v) is 4.88. The van der Waals surface area contributed by atoms with Crippen LogP contribution in [0.3, 0.4) is 0 Å². The number of benzene rings is 2. The van der Waals surface area contributed by atoms with Crippen molar-refractivity contribution in [1.29, 1.82) is 0 Å². The second kappa shape index (κ2) is 13.4. The lowest BCUT2D eigenvalue weighted by Crippen LogP contribution is -2.65. The van der Waals surface area contributed by atoms with E-state index in [4.69, 9.17) is 23.4 Å². The summed E-state index contributed by atoms with van der Waals surface area (Å²) in [4.78, 5) is 12.0. The molecular formula is C27H31ClO16. The Labute approximate surface area is 253 Å². The number of aliphatic hydroxyl groups is 7.